The van der Waals surface area contributed by atoms with Gasteiger partial charge in [0.15, 0.2) is 0 Å². The van der Waals surface area contributed by atoms with Crippen molar-refractivity contribution in [2.45, 2.75) is 71.5 Å². The molecule has 108 valence electrons. The lowest BCUT2D eigenvalue weighted by molar-refractivity contribution is 0.0571. The summed E-state index contributed by atoms with van der Waals surface area (Å²) in [5.74, 6) is 0. The summed E-state index contributed by atoms with van der Waals surface area (Å²) >= 11 is 0. The van der Waals surface area contributed by atoms with Crippen molar-refractivity contribution in [1.82, 2.24) is 10.2 Å². The molecule has 0 radical (unpaired) electrons. The molecule has 0 aromatic rings. The van der Waals surface area contributed by atoms with Crippen molar-refractivity contribution in [2.75, 3.05) is 26.3 Å². The first-order valence-electron chi connectivity index (χ1n) is 7.72. The highest BCUT2D eigenvalue weighted by atomic mass is 16.5. The van der Waals surface area contributed by atoms with Crippen LogP contribution in [0.1, 0.15) is 53.4 Å². The van der Waals surface area contributed by atoms with Gasteiger partial charge < -0.3 is 10.1 Å². The number of nitrogens with one attached hydrogen (secondary N) is 1. The monoisotopic (exact) mass is 256 g/mol. The average Bonchev–Trinajstić information content (AvgIpc) is 2.35. The van der Waals surface area contributed by atoms with Gasteiger partial charge in [0.05, 0.1) is 13.2 Å². The summed E-state index contributed by atoms with van der Waals surface area (Å²) in [6, 6.07) is 1.82. The Morgan fingerprint density at radius 1 is 1.28 bits per heavy atom. The summed E-state index contributed by atoms with van der Waals surface area (Å²) < 4.78 is 5.54. The molecule has 0 amide bonds. The third-order valence-electron chi connectivity index (χ3n) is 3.87. The summed E-state index contributed by atoms with van der Waals surface area (Å²) in [4.78, 5) is 2.64. The van der Waals surface area contributed by atoms with Crippen LogP contribution in [0, 0.1) is 0 Å². The van der Waals surface area contributed by atoms with Crippen molar-refractivity contribution >= 4 is 0 Å². The van der Waals surface area contributed by atoms with Crippen molar-refractivity contribution in [3.63, 3.8) is 0 Å². The van der Waals surface area contributed by atoms with E-state index >= 15 is 0 Å². The van der Waals surface area contributed by atoms with Gasteiger partial charge >= 0.3 is 0 Å². The average molecular weight is 256 g/mol. The molecule has 0 aromatic heterocycles. The van der Waals surface area contributed by atoms with Crippen LogP contribution >= 0.6 is 0 Å². The second kappa shape index (κ2) is 8.89. The number of unbranched alkanes of at least 4 members (excludes halogenated alkanes) is 2. The van der Waals surface area contributed by atoms with Gasteiger partial charge in [-0.05, 0) is 40.2 Å². The number of ether oxygens (including phenoxy) is 1. The van der Waals surface area contributed by atoms with Crippen molar-refractivity contribution in [2.24, 2.45) is 0 Å². The fraction of sp³-hybridized carbons (Fsp3) is 1.00. The molecule has 1 saturated heterocycles. The van der Waals surface area contributed by atoms with Crippen LogP contribution in [-0.2, 0) is 4.74 Å². The number of rotatable bonds is 8. The van der Waals surface area contributed by atoms with E-state index in [4.69, 9.17) is 4.74 Å². The maximum absolute atomic E-state index is 5.54. The van der Waals surface area contributed by atoms with Crippen LogP contribution in [0.2, 0.25) is 0 Å². The minimum atomic E-state index is 0.543. The maximum Gasteiger partial charge on any atom is 0.0620 e. The largest absolute Gasteiger partial charge is 0.379 e. The van der Waals surface area contributed by atoms with Gasteiger partial charge in [0.2, 0.25) is 0 Å². The van der Waals surface area contributed by atoms with E-state index in [1.807, 2.05) is 0 Å². The zero-order chi connectivity index (χ0) is 13.4. The Balaban J connectivity index is 2.35. The van der Waals surface area contributed by atoms with Gasteiger partial charge in [-0.1, -0.05) is 19.8 Å². The topological polar surface area (TPSA) is 24.5 Å². The van der Waals surface area contributed by atoms with E-state index in [1.165, 1.54) is 32.2 Å². The predicted molar refractivity (Wildman–Crippen MR) is 78.1 cm³/mol. The number of morpholine rings is 1. The van der Waals surface area contributed by atoms with E-state index < -0.39 is 0 Å². The summed E-state index contributed by atoms with van der Waals surface area (Å²) in [6.07, 6.45) is 5.18. The van der Waals surface area contributed by atoms with Crippen molar-refractivity contribution < 1.29 is 4.74 Å². The van der Waals surface area contributed by atoms with Gasteiger partial charge in [-0.3, -0.25) is 4.90 Å². The minimum Gasteiger partial charge on any atom is -0.379 e. The van der Waals surface area contributed by atoms with Gasteiger partial charge in [0, 0.05) is 24.7 Å². The van der Waals surface area contributed by atoms with E-state index in [-0.39, 0.29) is 0 Å². The summed E-state index contributed by atoms with van der Waals surface area (Å²) in [5, 5.41) is 3.56. The molecular formula is C15H32N2O. The van der Waals surface area contributed by atoms with Gasteiger partial charge in [-0.25, -0.2) is 0 Å². The van der Waals surface area contributed by atoms with Crippen molar-refractivity contribution in [3.05, 3.63) is 0 Å². The number of hydrogen-bond donors (Lipinski definition) is 1. The third-order valence-corrected chi connectivity index (χ3v) is 3.87. The van der Waals surface area contributed by atoms with Gasteiger partial charge in [0.25, 0.3) is 0 Å². The second-order valence-electron chi connectivity index (χ2n) is 5.85. The Labute approximate surface area is 113 Å². The van der Waals surface area contributed by atoms with Gasteiger partial charge in [0.1, 0.15) is 0 Å². The highest BCUT2D eigenvalue weighted by Gasteiger charge is 2.22. The Bertz CT molecular complexity index is 203. The number of hydrogen-bond acceptors (Lipinski definition) is 3. The molecule has 1 heterocycles. The first-order valence-corrected chi connectivity index (χ1v) is 7.72. The van der Waals surface area contributed by atoms with Gasteiger partial charge in [-0.15, -0.1) is 0 Å². The Morgan fingerprint density at radius 2 is 2.06 bits per heavy atom. The molecular weight excluding hydrogens is 224 g/mol. The van der Waals surface area contributed by atoms with Crippen molar-refractivity contribution in [3.8, 4) is 0 Å². The summed E-state index contributed by atoms with van der Waals surface area (Å²) in [7, 11) is 0. The summed E-state index contributed by atoms with van der Waals surface area (Å²) in [6.45, 7) is 13.3. The highest BCUT2D eigenvalue weighted by molar-refractivity contribution is 4.79. The van der Waals surface area contributed by atoms with E-state index in [0.29, 0.717) is 18.1 Å². The lowest BCUT2D eigenvalue weighted by Gasteiger charge is -2.36. The molecule has 1 aliphatic heterocycles. The second-order valence-corrected chi connectivity index (χ2v) is 5.85. The molecule has 3 nitrogen and oxygen atoms in total. The lowest BCUT2D eigenvalue weighted by atomic mass is 10.0. The molecule has 0 saturated carbocycles. The standard InChI is InChI=1S/C15H32N2O/c1-5-6-7-9-17(13(2)3)14(4)11-15-12-18-10-8-16-15/h13-16H,5-12H2,1-4H3. The van der Waals surface area contributed by atoms with Crippen LogP contribution in [0.5, 0.6) is 0 Å². The van der Waals surface area contributed by atoms with Crippen LogP contribution in [0.3, 0.4) is 0 Å². The quantitative estimate of drug-likeness (QED) is 0.676. The minimum absolute atomic E-state index is 0.543. The third kappa shape index (κ3) is 5.68. The molecule has 0 bridgehead atoms. The fourth-order valence-corrected chi connectivity index (χ4v) is 2.85. The molecule has 1 fully saturated rings. The SMILES string of the molecule is CCCCCN(C(C)C)C(C)CC1COCCN1. The smallest absolute Gasteiger partial charge is 0.0620 e. The van der Waals surface area contributed by atoms with Gasteiger partial charge in [-0.2, -0.15) is 0 Å². The Hall–Kier alpha value is -0.120. The highest BCUT2D eigenvalue weighted by Crippen LogP contribution is 2.14. The fourth-order valence-electron chi connectivity index (χ4n) is 2.85. The molecule has 0 aromatic carbocycles. The molecule has 2 atom stereocenters. The van der Waals surface area contributed by atoms with E-state index in [2.05, 4.69) is 37.9 Å². The van der Waals surface area contributed by atoms with Crippen LogP contribution in [-0.4, -0.2) is 49.3 Å². The zero-order valence-corrected chi connectivity index (χ0v) is 12.7. The molecule has 0 spiro atoms. The predicted octanol–water partition coefficient (Wildman–Crippen LogP) is 2.65. The van der Waals surface area contributed by atoms with Crippen LogP contribution in [0.4, 0.5) is 0 Å². The molecule has 2 unspecified atom stereocenters. The molecule has 18 heavy (non-hydrogen) atoms. The molecule has 1 rings (SSSR count). The Morgan fingerprint density at radius 3 is 2.61 bits per heavy atom. The normalized spacial score (nSPS) is 22.7. The van der Waals surface area contributed by atoms with Crippen LogP contribution in [0.25, 0.3) is 0 Å². The lowest BCUT2D eigenvalue weighted by Crippen LogP contribution is -2.47. The molecule has 0 aliphatic carbocycles. The Kier molecular flexibility index (Phi) is 7.87. The summed E-state index contributed by atoms with van der Waals surface area (Å²) in [5.41, 5.74) is 0. The first kappa shape index (κ1) is 15.9. The number of nitrogens with zero attached hydrogens (tertiary/aromatic N) is 1. The van der Waals surface area contributed by atoms with Crippen LogP contribution < -0.4 is 5.32 Å². The zero-order valence-electron chi connectivity index (χ0n) is 12.7. The molecule has 3 heteroatoms. The first-order chi connectivity index (χ1) is 8.65. The molecule has 1 aliphatic rings. The van der Waals surface area contributed by atoms with Crippen LogP contribution in [0.15, 0.2) is 0 Å². The van der Waals surface area contributed by atoms with E-state index in [1.54, 1.807) is 0 Å². The van der Waals surface area contributed by atoms with E-state index in [9.17, 15) is 0 Å². The molecule has 1 N–H and O–H groups in total. The van der Waals surface area contributed by atoms with E-state index in [0.717, 1.165) is 19.8 Å². The maximum atomic E-state index is 5.54. The van der Waals surface area contributed by atoms with Crippen molar-refractivity contribution in [1.29, 1.82) is 0 Å².